The molecule has 0 spiro atoms. The highest BCUT2D eigenvalue weighted by atomic mass is 16.5. The first-order valence-electron chi connectivity index (χ1n) is 8.82. The molecule has 1 aliphatic heterocycles. The number of carboxylic acids is 1. The van der Waals surface area contributed by atoms with Gasteiger partial charge in [0.1, 0.15) is 5.75 Å². The van der Waals surface area contributed by atoms with Crippen molar-refractivity contribution < 1.29 is 19.4 Å². The van der Waals surface area contributed by atoms with E-state index < -0.39 is 5.97 Å². The Balaban J connectivity index is 1.56. The van der Waals surface area contributed by atoms with E-state index in [0.29, 0.717) is 24.6 Å². The van der Waals surface area contributed by atoms with Gasteiger partial charge in [0, 0.05) is 18.7 Å². The zero-order valence-corrected chi connectivity index (χ0v) is 14.9. The van der Waals surface area contributed by atoms with Crippen molar-refractivity contribution in [3.63, 3.8) is 0 Å². The van der Waals surface area contributed by atoms with Gasteiger partial charge >= 0.3 is 5.97 Å². The molecular weight excluding hydrogens is 330 g/mol. The quantitative estimate of drug-likeness (QED) is 0.893. The lowest BCUT2D eigenvalue weighted by molar-refractivity contribution is 0.0690. The summed E-state index contributed by atoms with van der Waals surface area (Å²) in [5.41, 5.74) is 1.87. The maximum atomic E-state index is 12.6. The number of carboxylic acid groups (broad SMARTS) is 1. The molecule has 1 N–H and O–H groups in total. The van der Waals surface area contributed by atoms with Crippen molar-refractivity contribution in [2.45, 2.75) is 19.3 Å². The summed E-state index contributed by atoms with van der Waals surface area (Å²) in [6, 6.07) is 14.4. The number of piperidine rings is 1. The third-order valence-electron chi connectivity index (χ3n) is 4.94. The van der Waals surface area contributed by atoms with E-state index in [4.69, 9.17) is 9.84 Å². The highest BCUT2D eigenvalue weighted by Gasteiger charge is 2.24. The van der Waals surface area contributed by atoms with Gasteiger partial charge in [0.25, 0.3) is 5.91 Å². The standard InChI is InChI=1S/C21H23NO4/c1-26-19-7-5-15(6-8-19)13-16-9-11-22(12-10-16)20(23)17-3-2-4-18(14-17)21(24)25/h2-8,14,16H,9-13H2,1H3,(H,24,25). The van der Waals surface area contributed by atoms with Crippen molar-refractivity contribution in [2.24, 2.45) is 5.92 Å². The topological polar surface area (TPSA) is 66.8 Å². The third-order valence-corrected chi connectivity index (χ3v) is 4.94. The van der Waals surface area contributed by atoms with Gasteiger partial charge in [-0.2, -0.15) is 0 Å². The first-order valence-corrected chi connectivity index (χ1v) is 8.82. The fraction of sp³-hybridized carbons (Fsp3) is 0.333. The normalized spacial score (nSPS) is 14.9. The lowest BCUT2D eigenvalue weighted by Crippen LogP contribution is -2.39. The van der Waals surface area contributed by atoms with Gasteiger partial charge in [0.15, 0.2) is 0 Å². The summed E-state index contributed by atoms with van der Waals surface area (Å²) in [5.74, 6) is 0.310. The molecule has 1 saturated heterocycles. The highest BCUT2D eigenvalue weighted by Crippen LogP contribution is 2.24. The van der Waals surface area contributed by atoms with Crippen LogP contribution in [0.2, 0.25) is 0 Å². The second kappa shape index (κ2) is 8.04. The smallest absolute Gasteiger partial charge is 0.335 e. The number of amides is 1. The number of methoxy groups -OCH3 is 1. The van der Waals surface area contributed by atoms with Crippen LogP contribution in [0.3, 0.4) is 0 Å². The largest absolute Gasteiger partial charge is 0.497 e. The molecule has 26 heavy (non-hydrogen) atoms. The molecule has 0 aliphatic carbocycles. The molecule has 0 aromatic heterocycles. The number of hydrogen-bond donors (Lipinski definition) is 1. The second-order valence-corrected chi connectivity index (χ2v) is 6.67. The predicted octanol–water partition coefficient (Wildman–Crippen LogP) is 3.49. The van der Waals surface area contributed by atoms with Gasteiger partial charge < -0.3 is 14.7 Å². The molecule has 0 unspecified atom stereocenters. The van der Waals surface area contributed by atoms with Gasteiger partial charge in [-0.1, -0.05) is 18.2 Å². The minimum Gasteiger partial charge on any atom is -0.497 e. The van der Waals surface area contributed by atoms with Crippen molar-refractivity contribution >= 4 is 11.9 Å². The number of likely N-dealkylation sites (tertiary alicyclic amines) is 1. The maximum Gasteiger partial charge on any atom is 0.335 e. The number of nitrogens with zero attached hydrogens (tertiary/aromatic N) is 1. The van der Waals surface area contributed by atoms with Crippen molar-refractivity contribution in [1.82, 2.24) is 4.90 Å². The summed E-state index contributed by atoms with van der Waals surface area (Å²) >= 11 is 0. The Bertz CT molecular complexity index is 777. The Labute approximate surface area is 153 Å². The average molecular weight is 353 g/mol. The fourth-order valence-corrected chi connectivity index (χ4v) is 3.40. The molecule has 2 aromatic rings. The zero-order chi connectivity index (χ0) is 18.5. The minimum absolute atomic E-state index is 0.0870. The summed E-state index contributed by atoms with van der Waals surface area (Å²) < 4.78 is 5.18. The molecule has 0 bridgehead atoms. The molecule has 136 valence electrons. The highest BCUT2D eigenvalue weighted by molar-refractivity contribution is 5.97. The van der Waals surface area contributed by atoms with Crippen LogP contribution < -0.4 is 4.74 Å². The first-order chi connectivity index (χ1) is 12.6. The summed E-state index contributed by atoms with van der Waals surface area (Å²) in [6.45, 7) is 1.41. The summed E-state index contributed by atoms with van der Waals surface area (Å²) in [6.07, 6.45) is 2.91. The van der Waals surface area contributed by atoms with Crippen LogP contribution in [-0.2, 0) is 6.42 Å². The predicted molar refractivity (Wildman–Crippen MR) is 98.7 cm³/mol. The van der Waals surface area contributed by atoms with E-state index in [-0.39, 0.29) is 11.5 Å². The van der Waals surface area contributed by atoms with E-state index >= 15 is 0 Å². The number of benzene rings is 2. The lowest BCUT2D eigenvalue weighted by Gasteiger charge is -2.32. The number of aromatic carboxylic acids is 1. The Hall–Kier alpha value is -2.82. The van der Waals surface area contributed by atoms with Crippen LogP contribution in [-0.4, -0.2) is 42.1 Å². The van der Waals surface area contributed by atoms with E-state index in [9.17, 15) is 9.59 Å². The van der Waals surface area contributed by atoms with Gasteiger partial charge in [-0.05, 0) is 61.1 Å². The SMILES string of the molecule is COc1ccc(CC2CCN(C(=O)c3cccc(C(=O)O)c3)CC2)cc1. The average Bonchev–Trinajstić information content (AvgIpc) is 2.68. The maximum absolute atomic E-state index is 12.6. The number of ether oxygens (including phenoxy) is 1. The van der Waals surface area contributed by atoms with Crippen LogP contribution in [0, 0.1) is 5.92 Å². The molecule has 0 saturated carbocycles. The molecule has 5 heteroatoms. The van der Waals surface area contributed by atoms with Crippen molar-refractivity contribution in [1.29, 1.82) is 0 Å². The molecular formula is C21H23NO4. The molecule has 0 atom stereocenters. The van der Waals surface area contributed by atoms with Crippen molar-refractivity contribution in [2.75, 3.05) is 20.2 Å². The number of carbonyl (C=O) groups is 2. The van der Waals surface area contributed by atoms with Crippen LogP contribution in [0.5, 0.6) is 5.75 Å². The van der Waals surface area contributed by atoms with E-state index in [0.717, 1.165) is 25.0 Å². The molecule has 1 amide bonds. The Kier molecular flexibility index (Phi) is 5.56. The molecule has 1 fully saturated rings. The van der Waals surface area contributed by atoms with E-state index in [2.05, 4.69) is 12.1 Å². The first kappa shape index (κ1) is 18.0. The summed E-state index contributed by atoms with van der Waals surface area (Å²) in [7, 11) is 1.66. The van der Waals surface area contributed by atoms with Crippen LogP contribution in [0.4, 0.5) is 0 Å². The molecule has 1 aliphatic rings. The van der Waals surface area contributed by atoms with Crippen LogP contribution in [0.1, 0.15) is 39.1 Å². The Morgan fingerprint density at radius 3 is 2.35 bits per heavy atom. The van der Waals surface area contributed by atoms with Crippen LogP contribution in [0.25, 0.3) is 0 Å². The van der Waals surface area contributed by atoms with Gasteiger partial charge in [0.2, 0.25) is 0 Å². The molecule has 5 nitrogen and oxygen atoms in total. The van der Waals surface area contributed by atoms with Gasteiger partial charge in [-0.25, -0.2) is 4.79 Å². The Morgan fingerprint density at radius 2 is 1.73 bits per heavy atom. The van der Waals surface area contributed by atoms with Gasteiger partial charge in [-0.3, -0.25) is 4.79 Å². The lowest BCUT2D eigenvalue weighted by atomic mass is 9.90. The van der Waals surface area contributed by atoms with Crippen LogP contribution in [0.15, 0.2) is 48.5 Å². The molecule has 0 radical (unpaired) electrons. The zero-order valence-electron chi connectivity index (χ0n) is 14.9. The molecule has 1 heterocycles. The van der Waals surface area contributed by atoms with E-state index in [1.807, 2.05) is 17.0 Å². The van der Waals surface area contributed by atoms with E-state index in [1.165, 1.54) is 17.7 Å². The number of carbonyl (C=O) groups excluding carboxylic acids is 1. The van der Waals surface area contributed by atoms with Crippen molar-refractivity contribution in [3.8, 4) is 5.75 Å². The second-order valence-electron chi connectivity index (χ2n) is 6.67. The number of hydrogen-bond acceptors (Lipinski definition) is 3. The van der Waals surface area contributed by atoms with E-state index in [1.54, 1.807) is 19.2 Å². The molecule has 3 rings (SSSR count). The van der Waals surface area contributed by atoms with Crippen LogP contribution >= 0.6 is 0 Å². The summed E-state index contributed by atoms with van der Waals surface area (Å²) in [5, 5.41) is 9.08. The summed E-state index contributed by atoms with van der Waals surface area (Å²) in [4.78, 5) is 25.5. The monoisotopic (exact) mass is 353 g/mol. The molecule has 2 aromatic carbocycles. The fourth-order valence-electron chi connectivity index (χ4n) is 3.40. The Morgan fingerprint density at radius 1 is 1.08 bits per heavy atom. The van der Waals surface area contributed by atoms with Gasteiger partial charge in [0.05, 0.1) is 12.7 Å². The third kappa shape index (κ3) is 4.23. The number of rotatable bonds is 5. The van der Waals surface area contributed by atoms with Crippen molar-refractivity contribution in [3.05, 3.63) is 65.2 Å². The minimum atomic E-state index is -1.02. The van der Waals surface area contributed by atoms with Gasteiger partial charge in [-0.15, -0.1) is 0 Å².